The van der Waals surface area contributed by atoms with Gasteiger partial charge in [-0.2, -0.15) is 0 Å². The van der Waals surface area contributed by atoms with Crippen LogP contribution in [0.4, 0.5) is 0 Å². The van der Waals surface area contributed by atoms with Gasteiger partial charge in [0.15, 0.2) is 0 Å². The second-order valence-electron chi connectivity index (χ2n) is 5.14. The zero-order valence-electron chi connectivity index (χ0n) is 11.1. The lowest BCUT2D eigenvalue weighted by Gasteiger charge is -2.22. The minimum Gasteiger partial charge on any atom is -0.289 e. The largest absolute Gasteiger partial charge is 0.289 e. The van der Waals surface area contributed by atoms with Crippen LogP contribution in [-0.2, 0) is 0 Å². The average molecular weight is 294 g/mol. The van der Waals surface area contributed by atoms with E-state index in [-0.39, 0.29) is 11.5 Å². The highest BCUT2D eigenvalue weighted by Gasteiger charge is 2.20. The quantitative estimate of drug-likeness (QED) is 0.647. The first-order chi connectivity index (χ1) is 8.98. The predicted octanol–water partition coefficient (Wildman–Crippen LogP) is 5.56. The van der Waals surface area contributed by atoms with E-state index in [1.54, 1.807) is 0 Å². The summed E-state index contributed by atoms with van der Waals surface area (Å²) < 4.78 is 0. The molecule has 1 aliphatic rings. The molecule has 2 rings (SSSR count). The molecule has 100 valence electrons. The molecular formula is C16H17Cl2N. The molecule has 0 spiro atoms. The zero-order valence-corrected chi connectivity index (χ0v) is 12.6. The van der Waals surface area contributed by atoms with Gasteiger partial charge in [0.05, 0.1) is 6.04 Å². The Hall–Kier alpha value is -1.05. The lowest BCUT2D eigenvalue weighted by Crippen LogP contribution is -2.16. The summed E-state index contributed by atoms with van der Waals surface area (Å²) >= 11 is 11.8. The van der Waals surface area contributed by atoms with Crippen LogP contribution in [0.3, 0.4) is 0 Å². The first kappa shape index (κ1) is 14.4. The van der Waals surface area contributed by atoms with Crippen molar-refractivity contribution in [2.45, 2.75) is 26.3 Å². The van der Waals surface area contributed by atoms with Crippen molar-refractivity contribution in [3.63, 3.8) is 0 Å². The molecule has 0 fully saturated rings. The average Bonchev–Trinajstić information content (AvgIpc) is 2.41. The Morgan fingerprint density at radius 2 is 1.95 bits per heavy atom. The van der Waals surface area contributed by atoms with Gasteiger partial charge in [-0.05, 0) is 37.1 Å². The van der Waals surface area contributed by atoms with Crippen molar-refractivity contribution >= 4 is 29.4 Å². The van der Waals surface area contributed by atoms with Crippen molar-refractivity contribution < 1.29 is 0 Å². The Bertz CT molecular complexity index is 528. The number of aliphatic imine (C=N–C) groups is 1. The Morgan fingerprint density at radius 3 is 2.53 bits per heavy atom. The van der Waals surface area contributed by atoms with Crippen molar-refractivity contribution in [2.75, 3.05) is 0 Å². The monoisotopic (exact) mass is 293 g/mol. The van der Waals surface area contributed by atoms with E-state index in [0.717, 1.165) is 22.0 Å². The molecule has 19 heavy (non-hydrogen) atoms. The topological polar surface area (TPSA) is 12.4 Å². The van der Waals surface area contributed by atoms with E-state index >= 15 is 0 Å². The molecule has 2 unspecified atom stereocenters. The molecular weight excluding hydrogens is 277 g/mol. The predicted molar refractivity (Wildman–Crippen MR) is 84.2 cm³/mol. The van der Waals surface area contributed by atoms with E-state index in [0.29, 0.717) is 0 Å². The summed E-state index contributed by atoms with van der Waals surface area (Å²) in [6.07, 6.45) is 8.97. The van der Waals surface area contributed by atoms with Gasteiger partial charge in [0.1, 0.15) is 0 Å². The van der Waals surface area contributed by atoms with Gasteiger partial charge in [0.2, 0.25) is 0 Å². The smallest absolute Gasteiger partial charge is 0.0717 e. The summed E-state index contributed by atoms with van der Waals surface area (Å²) in [5.41, 5.74) is 1.12. The highest BCUT2D eigenvalue weighted by molar-refractivity contribution is 6.31. The molecule has 1 aliphatic carbocycles. The summed E-state index contributed by atoms with van der Waals surface area (Å²) in [7, 11) is 0. The van der Waals surface area contributed by atoms with Crippen LogP contribution in [0.5, 0.6) is 0 Å². The third-order valence-corrected chi connectivity index (χ3v) is 3.84. The number of halogens is 2. The summed E-state index contributed by atoms with van der Waals surface area (Å²) in [6.45, 7) is 4.24. The number of nitrogens with zero attached hydrogens (tertiary/aromatic N) is 1. The van der Waals surface area contributed by atoms with Crippen LogP contribution in [0, 0.1) is 5.41 Å². The summed E-state index contributed by atoms with van der Waals surface area (Å²) in [5, 5.41) is 1.55. The first-order valence-electron chi connectivity index (χ1n) is 6.33. The van der Waals surface area contributed by atoms with Crippen LogP contribution in [0.1, 0.15) is 31.9 Å². The van der Waals surface area contributed by atoms with E-state index in [4.69, 9.17) is 23.2 Å². The van der Waals surface area contributed by atoms with Gasteiger partial charge < -0.3 is 0 Å². The Kier molecular flexibility index (Phi) is 4.49. The number of hydrogen-bond acceptors (Lipinski definition) is 1. The highest BCUT2D eigenvalue weighted by Crippen LogP contribution is 2.29. The molecule has 0 heterocycles. The fourth-order valence-electron chi connectivity index (χ4n) is 1.93. The van der Waals surface area contributed by atoms with Crippen LogP contribution in [0.25, 0.3) is 0 Å². The van der Waals surface area contributed by atoms with Crippen LogP contribution in [0.15, 0.2) is 52.5 Å². The zero-order chi connectivity index (χ0) is 13.9. The molecule has 1 nitrogen and oxygen atoms in total. The number of hydrogen-bond donors (Lipinski definition) is 0. The van der Waals surface area contributed by atoms with Gasteiger partial charge >= 0.3 is 0 Å². The van der Waals surface area contributed by atoms with Gasteiger partial charge in [-0.3, -0.25) is 4.99 Å². The highest BCUT2D eigenvalue weighted by atomic mass is 35.5. The molecule has 0 N–H and O–H groups in total. The van der Waals surface area contributed by atoms with Crippen molar-refractivity contribution in [1.29, 1.82) is 0 Å². The van der Waals surface area contributed by atoms with Gasteiger partial charge in [-0.1, -0.05) is 54.4 Å². The molecule has 1 aromatic rings. The van der Waals surface area contributed by atoms with E-state index < -0.39 is 0 Å². The molecule has 0 aromatic heterocycles. The summed E-state index contributed by atoms with van der Waals surface area (Å²) in [6, 6.07) is 7.95. The molecule has 3 heteroatoms. The van der Waals surface area contributed by atoms with Crippen molar-refractivity contribution in [3.8, 4) is 0 Å². The standard InChI is InChI=1S/C16H17Cl2N/c1-12(13-3-5-14(17)6-4-13)19-11-16(2)9-7-15(18)8-10-16/h3-9,11-12H,10H2,1-2H3. The molecule has 0 bridgehead atoms. The lowest BCUT2D eigenvalue weighted by molar-refractivity contribution is 0.607. The van der Waals surface area contributed by atoms with Gasteiger partial charge in [0, 0.05) is 21.7 Å². The minimum absolute atomic E-state index is 0.0426. The maximum atomic E-state index is 5.93. The fourth-order valence-corrected chi connectivity index (χ4v) is 2.19. The molecule has 0 saturated heterocycles. The second kappa shape index (κ2) is 5.94. The summed E-state index contributed by atoms with van der Waals surface area (Å²) in [5.74, 6) is 0. The third-order valence-electron chi connectivity index (χ3n) is 3.31. The SMILES string of the molecule is CC(N=CC1(C)C=CC(Cl)=CC1)c1ccc(Cl)cc1. The second-order valence-corrected chi connectivity index (χ2v) is 6.01. The minimum atomic E-state index is -0.0426. The van der Waals surface area contributed by atoms with Gasteiger partial charge in [-0.25, -0.2) is 0 Å². The van der Waals surface area contributed by atoms with Crippen LogP contribution >= 0.6 is 23.2 Å². The summed E-state index contributed by atoms with van der Waals surface area (Å²) in [4.78, 5) is 4.65. The van der Waals surface area contributed by atoms with Crippen molar-refractivity contribution in [2.24, 2.45) is 10.4 Å². The Balaban J connectivity index is 2.06. The number of allylic oxidation sites excluding steroid dienone is 4. The Morgan fingerprint density at radius 1 is 1.26 bits per heavy atom. The van der Waals surface area contributed by atoms with Gasteiger partial charge in [0.25, 0.3) is 0 Å². The molecule has 0 amide bonds. The molecule has 1 aromatic carbocycles. The first-order valence-corrected chi connectivity index (χ1v) is 7.09. The van der Waals surface area contributed by atoms with E-state index in [1.807, 2.05) is 42.6 Å². The van der Waals surface area contributed by atoms with Crippen LogP contribution < -0.4 is 0 Å². The number of benzene rings is 1. The fraction of sp³-hybridized carbons (Fsp3) is 0.312. The van der Waals surface area contributed by atoms with Crippen LogP contribution in [0.2, 0.25) is 5.02 Å². The van der Waals surface area contributed by atoms with E-state index in [9.17, 15) is 0 Å². The molecule has 0 radical (unpaired) electrons. The van der Waals surface area contributed by atoms with Gasteiger partial charge in [-0.15, -0.1) is 0 Å². The Labute approximate surface area is 124 Å². The molecule has 2 atom stereocenters. The van der Waals surface area contributed by atoms with E-state index in [2.05, 4.69) is 24.9 Å². The molecule has 0 saturated carbocycles. The number of rotatable bonds is 3. The molecule has 0 aliphatic heterocycles. The van der Waals surface area contributed by atoms with Crippen LogP contribution in [-0.4, -0.2) is 6.21 Å². The van der Waals surface area contributed by atoms with E-state index in [1.165, 1.54) is 0 Å². The normalized spacial score (nSPS) is 24.5. The van der Waals surface area contributed by atoms with Crippen molar-refractivity contribution in [1.82, 2.24) is 0 Å². The maximum Gasteiger partial charge on any atom is 0.0717 e. The lowest BCUT2D eigenvalue weighted by atomic mass is 9.85. The third kappa shape index (κ3) is 3.95. The maximum absolute atomic E-state index is 5.93. The van der Waals surface area contributed by atoms with Crippen molar-refractivity contribution in [3.05, 3.63) is 58.1 Å².